The van der Waals surface area contributed by atoms with Gasteiger partial charge in [-0.2, -0.15) is 0 Å². The third kappa shape index (κ3) is 3.85. The van der Waals surface area contributed by atoms with Gasteiger partial charge in [-0.1, -0.05) is 35.7 Å². The lowest BCUT2D eigenvalue weighted by atomic mass is 9.65. The zero-order valence-corrected chi connectivity index (χ0v) is 12.9. The van der Waals surface area contributed by atoms with Gasteiger partial charge in [0.05, 0.1) is 6.61 Å². The molecule has 0 atom stereocenters. The molecule has 0 heterocycles. The number of benzene rings is 1. The molecule has 0 saturated heterocycles. The highest BCUT2D eigenvalue weighted by molar-refractivity contribution is 6.36. The van der Waals surface area contributed by atoms with Crippen LogP contribution in [0.15, 0.2) is 18.2 Å². The molecular formula is C15H21Cl2NO. The maximum atomic E-state index is 6.28. The van der Waals surface area contributed by atoms with Crippen LogP contribution in [0.25, 0.3) is 0 Å². The topological polar surface area (TPSA) is 21.3 Å². The molecule has 1 aromatic rings. The molecule has 1 aliphatic rings. The number of nitrogens with one attached hydrogen (secondary N) is 1. The van der Waals surface area contributed by atoms with E-state index in [2.05, 4.69) is 5.32 Å². The number of halogens is 2. The smallest absolute Gasteiger partial charge is 0.0587 e. The summed E-state index contributed by atoms with van der Waals surface area (Å²) in [6.45, 7) is 2.66. The van der Waals surface area contributed by atoms with E-state index in [1.165, 1.54) is 19.3 Å². The van der Waals surface area contributed by atoms with E-state index in [4.69, 9.17) is 27.9 Å². The Balaban J connectivity index is 1.98. The van der Waals surface area contributed by atoms with Crippen LogP contribution in [-0.2, 0) is 11.2 Å². The lowest BCUT2D eigenvalue weighted by molar-refractivity contribution is 0.123. The molecule has 1 fully saturated rings. The minimum Gasteiger partial charge on any atom is -0.383 e. The van der Waals surface area contributed by atoms with Crippen molar-refractivity contribution in [1.29, 1.82) is 0 Å². The molecule has 1 aliphatic carbocycles. The minimum atomic E-state index is 0.322. The standard InChI is InChI=1S/C15H21Cl2NO/c1-19-9-8-18-11-15(6-3-7-15)10-12-13(16)4-2-5-14(12)17/h2,4-5,18H,3,6-11H2,1H3. The first-order chi connectivity index (χ1) is 9.17. The molecule has 4 heteroatoms. The van der Waals surface area contributed by atoms with Crippen LogP contribution in [0.5, 0.6) is 0 Å². The summed E-state index contributed by atoms with van der Waals surface area (Å²) in [6, 6.07) is 5.75. The molecule has 0 radical (unpaired) electrons. The van der Waals surface area contributed by atoms with E-state index in [9.17, 15) is 0 Å². The van der Waals surface area contributed by atoms with E-state index in [0.717, 1.165) is 41.7 Å². The molecule has 106 valence electrons. The Hall–Kier alpha value is -0.280. The molecule has 1 saturated carbocycles. The summed E-state index contributed by atoms with van der Waals surface area (Å²) in [6.07, 6.45) is 4.75. The van der Waals surface area contributed by atoms with Crippen molar-refractivity contribution in [1.82, 2.24) is 5.32 Å². The number of methoxy groups -OCH3 is 1. The van der Waals surface area contributed by atoms with Crippen molar-refractivity contribution in [3.63, 3.8) is 0 Å². The second-order valence-electron chi connectivity index (χ2n) is 5.40. The minimum absolute atomic E-state index is 0.322. The second-order valence-corrected chi connectivity index (χ2v) is 6.21. The van der Waals surface area contributed by atoms with E-state index >= 15 is 0 Å². The van der Waals surface area contributed by atoms with Crippen LogP contribution in [0.1, 0.15) is 24.8 Å². The summed E-state index contributed by atoms with van der Waals surface area (Å²) in [7, 11) is 1.73. The molecule has 0 aliphatic heterocycles. The molecule has 2 nitrogen and oxygen atoms in total. The SMILES string of the molecule is COCCNCC1(Cc2c(Cl)cccc2Cl)CCC1. The van der Waals surface area contributed by atoms with Gasteiger partial charge < -0.3 is 10.1 Å². The van der Waals surface area contributed by atoms with Crippen molar-refractivity contribution in [2.75, 3.05) is 26.8 Å². The van der Waals surface area contributed by atoms with Gasteiger partial charge in [-0.15, -0.1) is 0 Å². The van der Waals surface area contributed by atoms with E-state index in [0.29, 0.717) is 5.41 Å². The average Bonchev–Trinajstić information content (AvgIpc) is 2.35. The number of hydrogen-bond donors (Lipinski definition) is 1. The predicted molar refractivity (Wildman–Crippen MR) is 81.2 cm³/mol. The van der Waals surface area contributed by atoms with Gasteiger partial charge in [0.1, 0.15) is 0 Å². The van der Waals surface area contributed by atoms with Crippen LogP contribution in [-0.4, -0.2) is 26.8 Å². The average molecular weight is 302 g/mol. The lowest BCUT2D eigenvalue weighted by Crippen LogP contribution is -2.42. The van der Waals surface area contributed by atoms with E-state index in [1.54, 1.807) is 7.11 Å². The lowest BCUT2D eigenvalue weighted by Gasteiger charge is -2.43. The van der Waals surface area contributed by atoms with Crippen molar-refractivity contribution >= 4 is 23.2 Å². The summed E-state index contributed by atoms with van der Waals surface area (Å²) in [5.74, 6) is 0. The van der Waals surface area contributed by atoms with Crippen LogP contribution in [0.3, 0.4) is 0 Å². The third-order valence-electron chi connectivity index (χ3n) is 4.01. The first-order valence-corrected chi connectivity index (χ1v) is 7.55. The van der Waals surface area contributed by atoms with Crippen LogP contribution in [0, 0.1) is 5.41 Å². The number of hydrogen-bond acceptors (Lipinski definition) is 2. The van der Waals surface area contributed by atoms with Gasteiger partial charge in [0.25, 0.3) is 0 Å². The molecule has 0 amide bonds. The highest BCUT2D eigenvalue weighted by Gasteiger charge is 2.37. The zero-order chi connectivity index (χ0) is 13.7. The zero-order valence-electron chi connectivity index (χ0n) is 11.3. The fourth-order valence-corrected chi connectivity index (χ4v) is 3.23. The summed E-state index contributed by atoms with van der Waals surface area (Å²) in [5.41, 5.74) is 1.42. The van der Waals surface area contributed by atoms with Gasteiger partial charge in [0, 0.05) is 30.2 Å². The highest BCUT2D eigenvalue weighted by atomic mass is 35.5. The first kappa shape index (κ1) is 15.1. The molecule has 0 spiro atoms. The van der Waals surface area contributed by atoms with E-state index in [-0.39, 0.29) is 0 Å². The van der Waals surface area contributed by atoms with Crippen LogP contribution >= 0.6 is 23.2 Å². The van der Waals surface area contributed by atoms with Crippen molar-refractivity contribution in [2.24, 2.45) is 5.41 Å². The summed E-state index contributed by atoms with van der Waals surface area (Å²) >= 11 is 12.6. The summed E-state index contributed by atoms with van der Waals surface area (Å²) in [5, 5.41) is 5.05. The molecule has 0 aromatic heterocycles. The maximum Gasteiger partial charge on any atom is 0.0587 e. The van der Waals surface area contributed by atoms with Crippen molar-refractivity contribution in [2.45, 2.75) is 25.7 Å². The Morgan fingerprint density at radius 2 is 1.95 bits per heavy atom. The molecule has 0 bridgehead atoms. The Morgan fingerprint density at radius 1 is 1.26 bits per heavy atom. The Morgan fingerprint density at radius 3 is 2.47 bits per heavy atom. The molecule has 19 heavy (non-hydrogen) atoms. The van der Waals surface area contributed by atoms with Crippen LogP contribution in [0.2, 0.25) is 10.0 Å². The Kier molecular flexibility index (Phi) is 5.52. The predicted octanol–water partition coefficient (Wildman–Crippen LogP) is 3.94. The quantitative estimate of drug-likeness (QED) is 0.770. The second kappa shape index (κ2) is 6.94. The number of ether oxygens (including phenoxy) is 1. The van der Waals surface area contributed by atoms with Gasteiger partial charge in [-0.05, 0) is 42.4 Å². The van der Waals surface area contributed by atoms with Crippen molar-refractivity contribution in [3.8, 4) is 0 Å². The van der Waals surface area contributed by atoms with E-state index in [1.807, 2.05) is 18.2 Å². The van der Waals surface area contributed by atoms with Gasteiger partial charge in [-0.25, -0.2) is 0 Å². The van der Waals surface area contributed by atoms with E-state index < -0.39 is 0 Å². The largest absolute Gasteiger partial charge is 0.383 e. The monoisotopic (exact) mass is 301 g/mol. The Labute approximate surface area is 125 Å². The number of rotatable bonds is 7. The normalized spacial score (nSPS) is 17.2. The van der Waals surface area contributed by atoms with Crippen molar-refractivity contribution < 1.29 is 4.74 Å². The van der Waals surface area contributed by atoms with Crippen LogP contribution in [0.4, 0.5) is 0 Å². The van der Waals surface area contributed by atoms with Crippen molar-refractivity contribution in [3.05, 3.63) is 33.8 Å². The van der Waals surface area contributed by atoms with Gasteiger partial charge in [0.15, 0.2) is 0 Å². The highest BCUT2D eigenvalue weighted by Crippen LogP contribution is 2.45. The van der Waals surface area contributed by atoms with Gasteiger partial charge in [0.2, 0.25) is 0 Å². The molecule has 1 N–H and O–H groups in total. The van der Waals surface area contributed by atoms with Crippen LogP contribution < -0.4 is 5.32 Å². The fraction of sp³-hybridized carbons (Fsp3) is 0.600. The summed E-state index contributed by atoms with van der Waals surface area (Å²) < 4.78 is 5.06. The molecule has 2 rings (SSSR count). The van der Waals surface area contributed by atoms with Gasteiger partial charge in [-0.3, -0.25) is 0 Å². The third-order valence-corrected chi connectivity index (χ3v) is 4.72. The molecule has 0 unspecified atom stereocenters. The fourth-order valence-electron chi connectivity index (χ4n) is 2.70. The molecular weight excluding hydrogens is 281 g/mol. The Bertz CT molecular complexity index is 398. The molecule has 1 aromatic carbocycles. The first-order valence-electron chi connectivity index (χ1n) is 6.79. The maximum absolute atomic E-state index is 6.28. The van der Waals surface area contributed by atoms with Gasteiger partial charge >= 0.3 is 0 Å². The summed E-state index contributed by atoms with van der Waals surface area (Å²) in [4.78, 5) is 0.